The Kier molecular flexibility index (Phi) is 13.2. The molecule has 7 N–H and O–H groups in total. The fourth-order valence-corrected chi connectivity index (χ4v) is 1.53. The third-order valence-corrected chi connectivity index (χ3v) is 2.10. The molecular weight excluding hydrogens is 202 g/mol. The number of fused-ring (bicyclic) bond motifs is 1. The molecule has 0 saturated heterocycles. The summed E-state index contributed by atoms with van der Waals surface area (Å²) in [6, 6.07) is 8.10. The minimum atomic E-state index is -0.198. The van der Waals surface area contributed by atoms with Crippen LogP contribution in [0.2, 0.25) is 0 Å². The van der Waals surface area contributed by atoms with Gasteiger partial charge in [-0.25, -0.2) is 0 Å². The summed E-state index contributed by atoms with van der Waals surface area (Å²) in [4.78, 5) is 0. The van der Waals surface area contributed by atoms with Crippen LogP contribution in [-0.2, 0) is 6.42 Å². The van der Waals surface area contributed by atoms with E-state index in [-0.39, 0.29) is 6.10 Å². The second-order valence-electron chi connectivity index (χ2n) is 2.75. The molecule has 1 aliphatic carbocycles. The summed E-state index contributed by atoms with van der Waals surface area (Å²) in [6.07, 6.45) is 1.74. The first-order valence-corrected chi connectivity index (χ1v) is 5.37. The molecule has 4 heteroatoms. The predicted molar refractivity (Wildman–Crippen MR) is 70.1 cm³/mol. The van der Waals surface area contributed by atoms with Crippen molar-refractivity contribution in [3.63, 3.8) is 0 Å². The Morgan fingerprint density at radius 1 is 1.00 bits per heavy atom. The Balaban J connectivity index is 0. The number of nitrogens with two attached hydrogens (primary N) is 3. The molecule has 1 atom stereocenters. The summed E-state index contributed by atoms with van der Waals surface area (Å²) in [6.45, 7) is 0. The normalized spacial score (nSPS) is 15.3. The van der Waals surface area contributed by atoms with Gasteiger partial charge in [0.25, 0.3) is 0 Å². The van der Waals surface area contributed by atoms with Gasteiger partial charge < -0.3 is 22.3 Å². The number of aliphatic hydroxyl groups is 1. The number of hydrogen-bond acceptors (Lipinski definition) is 4. The lowest BCUT2D eigenvalue weighted by molar-refractivity contribution is 0.180. The monoisotopic (exact) mass is 227 g/mol. The fraction of sp³-hybridized carbons (Fsp3) is 0.500. The van der Waals surface area contributed by atoms with Crippen LogP contribution in [0.25, 0.3) is 0 Å². The lowest BCUT2D eigenvalue weighted by Crippen LogP contribution is -1.88. The molecule has 16 heavy (non-hydrogen) atoms. The Hall–Kier alpha value is -0.940. The lowest BCUT2D eigenvalue weighted by Gasteiger charge is -2.00. The van der Waals surface area contributed by atoms with E-state index in [9.17, 15) is 5.11 Å². The second kappa shape index (κ2) is 12.1. The van der Waals surface area contributed by atoms with Crippen LogP contribution in [0, 0.1) is 0 Å². The molecule has 94 valence electrons. The number of benzene rings is 1. The van der Waals surface area contributed by atoms with Crippen molar-refractivity contribution in [2.45, 2.75) is 18.9 Å². The highest BCUT2D eigenvalue weighted by Gasteiger charge is 2.18. The summed E-state index contributed by atoms with van der Waals surface area (Å²) in [5, 5.41) is 9.38. The molecule has 0 fully saturated rings. The molecule has 0 saturated carbocycles. The molecule has 0 aliphatic heterocycles. The van der Waals surface area contributed by atoms with Gasteiger partial charge in [-0.1, -0.05) is 24.3 Å². The fourth-order valence-electron chi connectivity index (χ4n) is 1.53. The molecule has 0 aromatic heterocycles. The van der Waals surface area contributed by atoms with Crippen molar-refractivity contribution < 1.29 is 5.11 Å². The molecule has 0 amide bonds. The van der Waals surface area contributed by atoms with Gasteiger partial charge in [-0.2, -0.15) is 0 Å². The van der Waals surface area contributed by atoms with E-state index < -0.39 is 0 Å². The topological polar surface area (TPSA) is 98.3 Å². The van der Waals surface area contributed by atoms with Gasteiger partial charge in [-0.05, 0) is 45.1 Å². The van der Waals surface area contributed by atoms with Gasteiger partial charge in [0.1, 0.15) is 0 Å². The predicted octanol–water partition coefficient (Wildman–Crippen LogP) is 0.391. The number of aryl methyl sites for hydroxylation is 1. The Morgan fingerprint density at radius 2 is 1.50 bits per heavy atom. The van der Waals surface area contributed by atoms with E-state index >= 15 is 0 Å². The summed E-state index contributed by atoms with van der Waals surface area (Å²) >= 11 is 0. The standard InChI is InChI=1S/C9H10O.3CH5N/c10-9-6-5-7-3-1-2-4-8(7)9;3*1-2/h1-4,9-10H,5-6H2;3*2H2,1H3. The average molecular weight is 227 g/mol. The molecule has 0 heterocycles. The Bertz CT molecular complexity index is 254. The van der Waals surface area contributed by atoms with E-state index in [2.05, 4.69) is 23.3 Å². The smallest absolute Gasteiger partial charge is 0.0795 e. The summed E-state index contributed by atoms with van der Waals surface area (Å²) in [5.74, 6) is 0. The van der Waals surface area contributed by atoms with Gasteiger partial charge in [0.15, 0.2) is 0 Å². The summed E-state index contributed by atoms with van der Waals surface area (Å²) < 4.78 is 0. The summed E-state index contributed by atoms with van der Waals surface area (Å²) in [7, 11) is 4.50. The number of aliphatic hydroxyl groups excluding tert-OH is 1. The first-order valence-electron chi connectivity index (χ1n) is 5.37. The van der Waals surface area contributed by atoms with Crippen molar-refractivity contribution >= 4 is 0 Å². The van der Waals surface area contributed by atoms with Crippen LogP contribution in [-0.4, -0.2) is 26.2 Å². The van der Waals surface area contributed by atoms with Crippen LogP contribution >= 0.6 is 0 Å². The van der Waals surface area contributed by atoms with E-state index in [0.29, 0.717) is 0 Å². The van der Waals surface area contributed by atoms with Crippen molar-refractivity contribution in [3.05, 3.63) is 35.4 Å². The van der Waals surface area contributed by atoms with Crippen LogP contribution in [0.3, 0.4) is 0 Å². The quantitative estimate of drug-likeness (QED) is 0.515. The third-order valence-electron chi connectivity index (χ3n) is 2.10. The van der Waals surface area contributed by atoms with Crippen molar-refractivity contribution in [1.82, 2.24) is 0 Å². The van der Waals surface area contributed by atoms with Gasteiger partial charge >= 0.3 is 0 Å². The van der Waals surface area contributed by atoms with E-state index in [1.54, 1.807) is 0 Å². The third kappa shape index (κ3) is 5.23. The van der Waals surface area contributed by atoms with E-state index in [4.69, 9.17) is 0 Å². The molecule has 2 rings (SSSR count). The highest BCUT2D eigenvalue weighted by molar-refractivity contribution is 5.32. The minimum Gasteiger partial charge on any atom is -0.388 e. The van der Waals surface area contributed by atoms with Crippen LogP contribution in [0.5, 0.6) is 0 Å². The zero-order chi connectivity index (χ0) is 13.0. The van der Waals surface area contributed by atoms with Gasteiger partial charge in [-0.3, -0.25) is 0 Å². The maximum absolute atomic E-state index is 9.38. The molecule has 1 aromatic rings. The highest BCUT2D eigenvalue weighted by Crippen LogP contribution is 2.29. The van der Waals surface area contributed by atoms with Crippen molar-refractivity contribution in [2.75, 3.05) is 21.1 Å². The average Bonchev–Trinajstić information content (AvgIpc) is 2.79. The highest BCUT2D eigenvalue weighted by atomic mass is 16.3. The lowest BCUT2D eigenvalue weighted by atomic mass is 10.1. The molecular formula is C12H25N3O. The second-order valence-corrected chi connectivity index (χ2v) is 2.75. The van der Waals surface area contributed by atoms with Gasteiger partial charge in [0.2, 0.25) is 0 Å². The van der Waals surface area contributed by atoms with Crippen LogP contribution in [0.15, 0.2) is 24.3 Å². The van der Waals surface area contributed by atoms with Crippen LogP contribution in [0.4, 0.5) is 0 Å². The summed E-state index contributed by atoms with van der Waals surface area (Å²) in [5.41, 5.74) is 15.9. The van der Waals surface area contributed by atoms with Gasteiger partial charge in [0.05, 0.1) is 6.10 Å². The molecule has 1 aliphatic rings. The van der Waals surface area contributed by atoms with Gasteiger partial charge in [0, 0.05) is 0 Å². The number of hydrogen-bond donors (Lipinski definition) is 4. The molecule has 0 bridgehead atoms. The first-order chi connectivity index (χ1) is 7.88. The largest absolute Gasteiger partial charge is 0.388 e. The molecule has 1 aromatic carbocycles. The van der Waals surface area contributed by atoms with Crippen molar-refractivity contribution in [2.24, 2.45) is 17.2 Å². The van der Waals surface area contributed by atoms with E-state index in [1.807, 2.05) is 18.2 Å². The Morgan fingerprint density at radius 3 is 2.00 bits per heavy atom. The van der Waals surface area contributed by atoms with Gasteiger partial charge in [-0.15, -0.1) is 0 Å². The zero-order valence-corrected chi connectivity index (χ0v) is 10.5. The maximum Gasteiger partial charge on any atom is 0.0795 e. The van der Waals surface area contributed by atoms with Crippen molar-refractivity contribution in [1.29, 1.82) is 0 Å². The number of rotatable bonds is 0. The van der Waals surface area contributed by atoms with Crippen LogP contribution in [0.1, 0.15) is 23.7 Å². The maximum atomic E-state index is 9.38. The minimum absolute atomic E-state index is 0.198. The van der Waals surface area contributed by atoms with Crippen LogP contribution < -0.4 is 17.2 Å². The zero-order valence-electron chi connectivity index (χ0n) is 10.5. The molecule has 0 spiro atoms. The van der Waals surface area contributed by atoms with E-state index in [0.717, 1.165) is 18.4 Å². The SMILES string of the molecule is CN.CN.CN.OC1CCc2ccccc21. The molecule has 1 unspecified atom stereocenters. The molecule has 4 nitrogen and oxygen atoms in total. The van der Waals surface area contributed by atoms with Crippen molar-refractivity contribution in [3.8, 4) is 0 Å². The van der Waals surface area contributed by atoms with E-state index in [1.165, 1.54) is 26.7 Å². The molecule has 0 radical (unpaired) electrons. The Labute approximate surface area is 98.4 Å². The first kappa shape index (κ1) is 17.5.